The summed E-state index contributed by atoms with van der Waals surface area (Å²) in [6, 6.07) is 0. The number of unbranched alkanes of at least 4 members (excludes halogenated alkanes) is 2. The second-order valence-corrected chi connectivity index (χ2v) is 8.95. The molecule has 0 aromatic heterocycles. The molecule has 0 saturated carbocycles. The highest BCUT2D eigenvalue weighted by atomic mass is 127. The lowest BCUT2D eigenvalue weighted by atomic mass is 10.1. The Morgan fingerprint density at radius 2 is 1.56 bits per heavy atom. The van der Waals surface area contributed by atoms with Crippen molar-refractivity contribution in [3.05, 3.63) is 0 Å². The van der Waals surface area contributed by atoms with Gasteiger partial charge in [0.15, 0.2) is 5.96 Å². The third-order valence-electron chi connectivity index (χ3n) is 6.57. The van der Waals surface area contributed by atoms with Crippen LogP contribution in [0.1, 0.15) is 45.4 Å². The van der Waals surface area contributed by atoms with Gasteiger partial charge >= 0.3 is 0 Å². The highest BCUT2D eigenvalue weighted by molar-refractivity contribution is 14.0. The van der Waals surface area contributed by atoms with Crippen LogP contribution in [-0.2, 0) is 9.53 Å². The number of ether oxygens (including phenoxy) is 1. The van der Waals surface area contributed by atoms with Gasteiger partial charge in [0, 0.05) is 52.4 Å². The van der Waals surface area contributed by atoms with Gasteiger partial charge in [-0.15, -0.1) is 24.0 Å². The maximum absolute atomic E-state index is 12.5. The Kier molecular flexibility index (Phi) is 13.8. The van der Waals surface area contributed by atoms with Gasteiger partial charge in [0.05, 0.1) is 19.8 Å². The van der Waals surface area contributed by atoms with E-state index in [-0.39, 0.29) is 29.9 Å². The fourth-order valence-electron chi connectivity index (χ4n) is 4.64. The summed E-state index contributed by atoms with van der Waals surface area (Å²) >= 11 is 0. The Hall–Kier alpha value is -0.650. The van der Waals surface area contributed by atoms with Gasteiger partial charge in [0.25, 0.3) is 0 Å². The van der Waals surface area contributed by atoms with Crippen molar-refractivity contribution in [1.82, 2.24) is 24.9 Å². The van der Waals surface area contributed by atoms with Gasteiger partial charge in [0.1, 0.15) is 0 Å². The van der Waals surface area contributed by atoms with E-state index in [0.29, 0.717) is 19.8 Å². The van der Waals surface area contributed by atoms with Crippen LogP contribution in [-0.4, -0.2) is 123 Å². The number of carbonyl (C=O) groups excluding carboxylic acids is 1. The van der Waals surface area contributed by atoms with Crippen LogP contribution in [0.2, 0.25) is 0 Å². The highest BCUT2D eigenvalue weighted by Gasteiger charge is 2.24. The molecule has 0 aromatic carbocycles. The van der Waals surface area contributed by atoms with Crippen molar-refractivity contribution in [2.75, 3.05) is 91.8 Å². The Balaban J connectivity index is 0.00000363. The Morgan fingerprint density at radius 3 is 2.25 bits per heavy atom. The molecule has 9 heteroatoms. The van der Waals surface area contributed by atoms with Crippen LogP contribution in [0.15, 0.2) is 4.99 Å². The molecule has 3 aliphatic heterocycles. The summed E-state index contributed by atoms with van der Waals surface area (Å²) in [7, 11) is 0. The first-order chi connectivity index (χ1) is 15.3. The summed E-state index contributed by atoms with van der Waals surface area (Å²) in [5.74, 6) is 1.28. The molecule has 1 N–H and O–H groups in total. The highest BCUT2D eigenvalue weighted by Crippen LogP contribution is 2.10. The molecule has 3 fully saturated rings. The number of likely N-dealkylation sites (tertiary alicyclic amines) is 1. The number of morpholine rings is 1. The minimum absolute atomic E-state index is 0. The normalized spacial score (nSPS) is 21.3. The topological polar surface area (TPSA) is 63.7 Å². The summed E-state index contributed by atoms with van der Waals surface area (Å²) in [5.41, 5.74) is 0. The molecule has 3 aliphatic rings. The second-order valence-electron chi connectivity index (χ2n) is 8.95. The van der Waals surface area contributed by atoms with Crippen molar-refractivity contribution >= 4 is 35.8 Å². The molecule has 8 nitrogen and oxygen atoms in total. The number of rotatable bonds is 9. The Bertz CT molecular complexity index is 545. The van der Waals surface area contributed by atoms with E-state index in [4.69, 9.17) is 9.73 Å². The largest absolute Gasteiger partial charge is 0.378 e. The van der Waals surface area contributed by atoms with Crippen molar-refractivity contribution in [1.29, 1.82) is 0 Å². The quantitative estimate of drug-likeness (QED) is 0.199. The molecule has 3 rings (SSSR count). The van der Waals surface area contributed by atoms with E-state index in [0.717, 1.165) is 64.7 Å². The lowest BCUT2D eigenvalue weighted by Gasteiger charge is -2.37. The minimum atomic E-state index is 0. The molecule has 0 spiro atoms. The predicted molar refractivity (Wildman–Crippen MR) is 141 cm³/mol. The number of hydrogen-bond donors (Lipinski definition) is 1. The van der Waals surface area contributed by atoms with Gasteiger partial charge in [-0.1, -0.05) is 12.8 Å². The lowest BCUT2D eigenvalue weighted by molar-refractivity contribution is -0.136. The number of nitrogens with one attached hydrogen (secondary N) is 1. The third kappa shape index (κ3) is 9.69. The van der Waals surface area contributed by atoms with Crippen LogP contribution in [0.3, 0.4) is 0 Å². The number of guanidine groups is 1. The molecule has 1 amide bonds. The van der Waals surface area contributed by atoms with Gasteiger partial charge in [-0.3, -0.25) is 14.7 Å². The summed E-state index contributed by atoms with van der Waals surface area (Å²) in [6.07, 6.45) is 7.89. The molecule has 32 heavy (non-hydrogen) atoms. The zero-order chi connectivity index (χ0) is 21.7. The number of hydrogen-bond acceptors (Lipinski definition) is 5. The van der Waals surface area contributed by atoms with Gasteiger partial charge in [-0.25, -0.2) is 0 Å². The van der Waals surface area contributed by atoms with E-state index in [2.05, 4.69) is 26.9 Å². The fraction of sp³-hybridized carbons (Fsp3) is 0.913. The maximum atomic E-state index is 12.5. The molecule has 0 aliphatic carbocycles. The van der Waals surface area contributed by atoms with Crippen LogP contribution in [0, 0.1) is 0 Å². The third-order valence-corrected chi connectivity index (χ3v) is 6.57. The van der Waals surface area contributed by atoms with Crippen LogP contribution in [0.25, 0.3) is 0 Å². The zero-order valence-electron chi connectivity index (χ0n) is 20.1. The zero-order valence-corrected chi connectivity index (χ0v) is 22.4. The number of piperazine rings is 1. The molecule has 0 aromatic rings. The fourth-order valence-corrected chi connectivity index (χ4v) is 4.64. The van der Waals surface area contributed by atoms with Gasteiger partial charge in [-0.2, -0.15) is 0 Å². The van der Waals surface area contributed by atoms with Crippen molar-refractivity contribution < 1.29 is 9.53 Å². The number of aliphatic imine (C=N–C) groups is 1. The standard InChI is InChI=1S/C23H44N6O2.HI/c1-2-24-23(25-9-5-3-6-10-26-11-7-4-8-12-26)29-15-13-27(14-16-29)21-22(30)28-17-19-31-20-18-28;/h2-21H2,1H3,(H,24,25);1H. The van der Waals surface area contributed by atoms with Crippen LogP contribution < -0.4 is 5.32 Å². The molecular formula is C23H45IN6O2. The number of carbonyl (C=O) groups is 1. The Morgan fingerprint density at radius 1 is 0.844 bits per heavy atom. The summed E-state index contributed by atoms with van der Waals surface area (Å²) < 4.78 is 5.35. The molecular weight excluding hydrogens is 519 g/mol. The van der Waals surface area contributed by atoms with Crippen LogP contribution >= 0.6 is 24.0 Å². The van der Waals surface area contributed by atoms with Crippen molar-refractivity contribution in [2.24, 2.45) is 4.99 Å². The van der Waals surface area contributed by atoms with E-state index in [9.17, 15) is 4.79 Å². The van der Waals surface area contributed by atoms with E-state index in [1.165, 1.54) is 51.7 Å². The van der Waals surface area contributed by atoms with Crippen LogP contribution in [0.4, 0.5) is 0 Å². The summed E-state index contributed by atoms with van der Waals surface area (Å²) in [6.45, 7) is 14.8. The molecule has 0 radical (unpaired) electrons. The summed E-state index contributed by atoms with van der Waals surface area (Å²) in [5, 5.41) is 3.46. The van der Waals surface area contributed by atoms with E-state index < -0.39 is 0 Å². The first kappa shape index (κ1) is 27.6. The molecule has 3 heterocycles. The van der Waals surface area contributed by atoms with E-state index >= 15 is 0 Å². The first-order valence-electron chi connectivity index (χ1n) is 12.6. The molecule has 0 unspecified atom stereocenters. The predicted octanol–water partition coefficient (Wildman–Crippen LogP) is 1.70. The average Bonchev–Trinajstić information content (AvgIpc) is 2.82. The maximum Gasteiger partial charge on any atom is 0.236 e. The number of halogens is 1. The molecule has 0 atom stereocenters. The number of nitrogens with zero attached hydrogens (tertiary/aromatic N) is 5. The number of amides is 1. The monoisotopic (exact) mass is 564 g/mol. The Labute approximate surface area is 212 Å². The van der Waals surface area contributed by atoms with E-state index in [1.807, 2.05) is 4.90 Å². The van der Waals surface area contributed by atoms with E-state index in [1.54, 1.807) is 0 Å². The summed E-state index contributed by atoms with van der Waals surface area (Å²) in [4.78, 5) is 26.6. The van der Waals surface area contributed by atoms with Gasteiger partial charge < -0.3 is 24.8 Å². The van der Waals surface area contributed by atoms with Crippen molar-refractivity contribution in [3.8, 4) is 0 Å². The molecule has 0 bridgehead atoms. The minimum Gasteiger partial charge on any atom is -0.378 e. The smallest absolute Gasteiger partial charge is 0.236 e. The average molecular weight is 565 g/mol. The SMILES string of the molecule is CCNC(=NCCCCCN1CCCCC1)N1CCN(CC(=O)N2CCOCC2)CC1.I. The first-order valence-corrected chi connectivity index (χ1v) is 12.6. The van der Waals surface area contributed by atoms with Gasteiger partial charge in [0.2, 0.25) is 5.91 Å². The van der Waals surface area contributed by atoms with Crippen molar-refractivity contribution in [3.63, 3.8) is 0 Å². The van der Waals surface area contributed by atoms with Gasteiger partial charge in [-0.05, 0) is 52.2 Å². The van der Waals surface area contributed by atoms with Crippen LogP contribution in [0.5, 0.6) is 0 Å². The second kappa shape index (κ2) is 16.1. The van der Waals surface area contributed by atoms with Crippen molar-refractivity contribution in [2.45, 2.75) is 45.4 Å². The number of piperidine rings is 1. The molecule has 186 valence electrons. The lowest BCUT2D eigenvalue weighted by Crippen LogP contribution is -2.54. The molecule has 3 saturated heterocycles.